The molecule has 0 bridgehead atoms. The summed E-state index contributed by atoms with van der Waals surface area (Å²) >= 11 is 0. The summed E-state index contributed by atoms with van der Waals surface area (Å²) in [5.74, 6) is -1.87. The van der Waals surface area contributed by atoms with Crippen LogP contribution in [0.3, 0.4) is 0 Å². The lowest BCUT2D eigenvalue weighted by atomic mass is 10.2. The second-order valence-corrected chi connectivity index (χ2v) is 2.52. The van der Waals surface area contributed by atoms with E-state index in [1.165, 1.54) is 17.0 Å². The summed E-state index contributed by atoms with van der Waals surface area (Å²) in [5, 5.41) is 17.6. The molecule has 0 amide bonds. The molecule has 0 aromatic carbocycles. The van der Waals surface area contributed by atoms with E-state index in [1.54, 1.807) is 6.92 Å². The van der Waals surface area contributed by atoms with Crippen LogP contribution in [0.2, 0.25) is 0 Å². The number of carboxylic acid groups (broad SMARTS) is 1. The Hall–Kier alpha value is -1.78. The topological polar surface area (TPSA) is 79.5 Å². The highest BCUT2D eigenvalue weighted by atomic mass is 16.4. The molecule has 0 spiro atoms. The average molecular weight is 183 g/mol. The van der Waals surface area contributed by atoms with Crippen LogP contribution in [-0.2, 0) is 6.54 Å². The fourth-order valence-electron chi connectivity index (χ4n) is 0.950. The van der Waals surface area contributed by atoms with E-state index in [0.29, 0.717) is 6.54 Å². The number of aromatic nitrogens is 1. The minimum atomic E-state index is -1.33. The zero-order valence-corrected chi connectivity index (χ0v) is 7.02. The summed E-state index contributed by atoms with van der Waals surface area (Å²) < 4.78 is 1.43. The van der Waals surface area contributed by atoms with Crippen molar-refractivity contribution in [2.75, 3.05) is 0 Å². The standard InChI is InChI=1S/C8H9NO4/c1-2-9-3-5(8(12)13)7(11)6(10)4-9/h3-4,10H,2H2,1H3,(H,12,13). The van der Waals surface area contributed by atoms with E-state index < -0.39 is 22.7 Å². The normalized spacial score (nSPS) is 9.92. The van der Waals surface area contributed by atoms with Gasteiger partial charge in [-0.15, -0.1) is 0 Å². The van der Waals surface area contributed by atoms with Crippen LogP contribution in [-0.4, -0.2) is 20.7 Å². The van der Waals surface area contributed by atoms with Crippen molar-refractivity contribution in [1.29, 1.82) is 0 Å². The Morgan fingerprint density at radius 1 is 1.54 bits per heavy atom. The first-order valence-corrected chi connectivity index (χ1v) is 3.72. The lowest BCUT2D eigenvalue weighted by molar-refractivity contribution is 0.0694. The Labute approximate surface area is 73.9 Å². The van der Waals surface area contributed by atoms with Crippen LogP contribution in [0.1, 0.15) is 17.3 Å². The minimum Gasteiger partial charge on any atom is -0.503 e. The van der Waals surface area contributed by atoms with E-state index in [1.807, 2.05) is 0 Å². The zero-order valence-electron chi connectivity index (χ0n) is 7.02. The predicted molar refractivity (Wildman–Crippen MR) is 45.0 cm³/mol. The molecule has 0 saturated heterocycles. The second-order valence-electron chi connectivity index (χ2n) is 2.52. The van der Waals surface area contributed by atoms with Crippen molar-refractivity contribution in [3.8, 4) is 5.75 Å². The number of carboxylic acids is 1. The van der Waals surface area contributed by atoms with Gasteiger partial charge in [0.05, 0.1) is 0 Å². The van der Waals surface area contributed by atoms with Crippen molar-refractivity contribution >= 4 is 5.97 Å². The van der Waals surface area contributed by atoms with E-state index >= 15 is 0 Å². The zero-order chi connectivity index (χ0) is 10.0. The van der Waals surface area contributed by atoms with Gasteiger partial charge in [-0.1, -0.05) is 0 Å². The molecule has 13 heavy (non-hydrogen) atoms. The van der Waals surface area contributed by atoms with Gasteiger partial charge in [-0.05, 0) is 6.92 Å². The molecule has 1 aromatic heterocycles. The molecule has 70 valence electrons. The van der Waals surface area contributed by atoms with Crippen molar-refractivity contribution in [3.63, 3.8) is 0 Å². The predicted octanol–water partition coefficient (Wildman–Crippen LogP) is 0.272. The number of carbonyl (C=O) groups is 1. The van der Waals surface area contributed by atoms with Crippen molar-refractivity contribution in [2.24, 2.45) is 0 Å². The van der Waals surface area contributed by atoms with Gasteiger partial charge < -0.3 is 14.8 Å². The molecule has 5 heteroatoms. The van der Waals surface area contributed by atoms with Gasteiger partial charge in [0, 0.05) is 18.9 Å². The molecular formula is C8H9NO4. The first-order chi connectivity index (χ1) is 6.06. The molecule has 0 radical (unpaired) electrons. The van der Waals surface area contributed by atoms with Crippen LogP contribution in [0.4, 0.5) is 0 Å². The molecule has 0 fully saturated rings. The molecule has 2 N–H and O–H groups in total. The number of aryl methyl sites for hydroxylation is 1. The summed E-state index contributed by atoms with van der Waals surface area (Å²) in [4.78, 5) is 21.6. The van der Waals surface area contributed by atoms with Gasteiger partial charge in [0.25, 0.3) is 0 Å². The van der Waals surface area contributed by atoms with Gasteiger partial charge in [0.15, 0.2) is 5.75 Å². The average Bonchev–Trinajstić information content (AvgIpc) is 2.09. The molecule has 5 nitrogen and oxygen atoms in total. The fraction of sp³-hybridized carbons (Fsp3) is 0.250. The SMILES string of the molecule is CCn1cc(O)c(=O)c(C(=O)O)c1. The molecule has 1 aromatic rings. The van der Waals surface area contributed by atoms with Crippen molar-refractivity contribution in [3.05, 3.63) is 28.2 Å². The summed E-state index contributed by atoms with van der Waals surface area (Å²) in [6, 6.07) is 0. The summed E-state index contributed by atoms with van der Waals surface area (Å²) in [7, 11) is 0. The summed E-state index contributed by atoms with van der Waals surface area (Å²) in [6.07, 6.45) is 2.40. The van der Waals surface area contributed by atoms with Crippen LogP contribution in [0.25, 0.3) is 0 Å². The first kappa shape index (κ1) is 9.31. The third-order valence-electron chi connectivity index (χ3n) is 1.66. The highest BCUT2D eigenvalue weighted by Gasteiger charge is 2.12. The van der Waals surface area contributed by atoms with Crippen LogP contribution in [0, 0.1) is 0 Å². The maximum Gasteiger partial charge on any atom is 0.341 e. The van der Waals surface area contributed by atoms with Crippen LogP contribution >= 0.6 is 0 Å². The van der Waals surface area contributed by atoms with Crippen molar-refractivity contribution in [2.45, 2.75) is 13.5 Å². The highest BCUT2D eigenvalue weighted by molar-refractivity contribution is 5.87. The molecule has 0 aliphatic carbocycles. The molecule has 0 saturated carbocycles. The van der Waals surface area contributed by atoms with Gasteiger partial charge in [-0.2, -0.15) is 0 Å². The third-order valence-corrected chi connectivity index (χ3v) is 1.66. The fourth-order valence-corrected chi connectivity index (χ4v) is 0.950. The maximum absolute atomic E-state index is 11.0. The number of hydrogen-bond donors (Lipinski definition) is 2. The van der Waals surface area contributed by atoms with Gasteiger partial charge in [-0.25, -0.2) is 4.79 Å². The van der Waals surface area contributed by atoms with Crippen LogP contribution in [0.15, 0.2) is 17.2 Å². The second kappa shape index (κ2) is 3.30. The van der Waals surface area contributed by atoms with E-state index in [2.05, 4.69) is 0 Å². The molecule has 0 aliphatic heterocycles. The molecule has 0 unspecified atom stereocenters. The Kier molecular flexibility index (Phi) is 2.36. The Bertz CT molecular complexity index is 394. The third kappa shape index (κ3) is 1.69. The van der Waals surface area contributed by atoms with Gasteiger partial charge in [0.1, 0.15) is 5.56 Å². The number of rotatable bonds is 2. The van der Waals surface area contributed by atoms with Crippen molar-refractivity contribution < 1.29 is 15.0 Å². The van der Waals surface area contributed by atoms with E-state index in [9.17, 15) is 9.59 Å². The largest absolute Gasteiger partial charge is 0.503 e. The van der Waals surface area contributed by atoms with E-state index in [-0.39, 0.29) is 0 Å². The number of nitrogens with zero attached hydrogens (tertiary/aromatic N) is 1. The minimum absolute atomic E-state index is 0.415. The molecule has 0 atom stereocenters. The maximum atomic E-state index is 11.0. The molecule has 1 rings (SSSR count). The van der Waals surface area contributed by atoms with Gasteiger partial charge in [0.2, 0.25) is 5.43 Å². The quantitative estimate of drug-likeness (QED) is 0.689. The van der Waals surface area contributed by atoms with E-state index in [0.717, 1.165) is 0 Å². The number of pyridine rings is 1. The number of aromatic hydroxyl groups is 1. The number of aromatic carboxylic acids is 1. The molecule has 1 heterocycles. The Morgan fingerprint density at radius 3 is 2.62 bits per heavy atom. The van der Waals surface area contributed by atoms with Crippen molar-refractivity contribution in [1.82, 2.24) is 4.57 Å². The molecular weight excluding hydrogens is 174 g/mol. The van der Waals surface area contributed by atoms with Crippen LogP contribution < -0.4 is 5.43 Å². The number of hydrogen-bond acceptors (Lipinski definition) is 3. The molecule has 0 aliphatic rings. The van der Waals surface area contributed by atoms with Gasteiger partial charge >= 0.3 is 5.97 Å². The van der Waals surface area contributed by atoms with E-state index in [4.69, 9.17) is 10.2 Å². The lowest BCUT2D eigenvalue weighted by Crippen LogP contribution is -2.17. The monoisotopic (exact) mass is 183 g/mol. The lowest BCUT2D eigenvalue weighted by Gasteiger charge is -2.03. The van der Waals surface area contributed by atoms with Crippen LogP contribution in [0.5, 0.6) is 5.75 Å². The Morgan fingerprint density at radius 2 is 2.15 bits per heavy atom. The summed E-state index contributed by atoms with van der Waals surface area (Å²) in [6.45, 7) is 2.27. The Balaban J connectivity index is 3.42. The first-order valence-electron chi connectivity index (χ1n) is 3.72. The smallest absolute Gasteiger partial charge is 0.341 e. The summed E-state index contributed by atoms with van der Waals surface area (Å²) in [5.41, 5.74) is -1.26. The highest BCUT2D eigenvalue weighted by Crippen LogP contribution is 2.03. The van der Waals surface area contributed by atoms with Gasteiger partial charge in [-0.3, -0.25) is 4.79 Å².